The minimum Gasteiger partial charge on any atom is -0.382 e. The first-order chi connectivity index (χ1) is 7.31. The summed E-state index contributed by atoms with van der Waals surface area (Å²) in [4.78, 5) is 6.83. The molecule has 0 amide bonds. The fourth-order valence-electron chi connectivity index (χ4n) is 1.09. The number of H-pyrrole nitrogens is 1. The minimum atomic E-state index is 0.273. The van der Waals surface area contributed by atoms with Crippen LogP contribution in [0.4, 0.5) is 10.8 Å². The topological polar surface area (TPSA) is 103 Å². The van der Waals surface area contributed by atoms with E-state index in [-0.39, 0.29) is 5.82 Å². The summed E-state index contributed by atoms with van der Waals surface area (Å²) in [6, 6.07) is 2.01. The number of nitrogens with zero attached hydrogens (tertiary/aromatic N) is 3. The average Bonchev–Trinajstić information content (AvgIpc) is 2.84. The van der Waals surface area contributed by atoms with Crippen molar-refractivity contribution in [1.29, 1.82) is 5.26 Å². The highest BCUT2D eigenvalue weighted by atomic mass is 32.1. The quantitative estimate of drug-likeness (QED) is 0.714. The molecule has 0 aliphatic heterocycles. The van der Waals surface area contributed by atoms with E-state index in [0.29, 0.717) is 17.1 Å². The lowest BCUT2D eigenvalue weighted by Gasteiger charge is -2.00. The number of nitrogens with two attached hydrogens (primary N) is 1. The molecule has 0 saturated carbocycles. The van der Waals surface area contributed by atoms with Crippen LogP contribution in [0.25, 0.3) is 0 Å². The van der Waals surface area contributed by atoms with Gasteiger partial charge in [0.15, 0.2) is 5.82 Å². The zero-order valence-electron chi connectivity index (χ0n) is 7.69. The Morgan fingerprint density at radius 2 is 2.53 bits per heavy atom. The fraction of sp³-hybridized carbons (Fsp3) is 0.125. The summed E-state index contributed by atoms with van der Waals surface area (Å²) in [5.41, 5.74) is 6.86. The highest BCUT2D eigenvalue weighted by molar-refractivity contribution is 7.10. The van der Waals surface area contributed by atoms with Crippen LogP contribution in [0.5, 0.6) is 0 Å². The maximum atomic E-state index is 8.82. The third-order valence-electron chi connectivity index (χ3n) is 1.82. The molecule has 15 heavy (non-hydrogen) atoms. The molecule has 6 nitrogen and oxygen atoms in total. The number of hydrogen-bond acceptors (Lipinski definition) is 6. The summed E-state index contributed by atoms with van der Waals surface area (Å²) in [6.07, 6.45) is 3.31. The van der Waals surface area contributed by atoms with Gasteiger partial charge < -0.3 is 16.0 Å². The van der Waals surface area contributed by atoms with Crippen LogP contribution >= 0.6 is 11.5 Å². The normalized spacial score (nSPS) is 9.80. The Balaban J connectivity index is 2.09. The van der Waals surface area contributed by atoms with E-state index in [4.69, 9.17) is 11.0 Å². The smallest absolute Gasteiger partial charge is 0.157 e. The predicted molar refractivity (Wildman–Crippen MR) is 57.2 cm³/mol. The molecule has 76 valence electrons. The minimum absolute atomic E-state index is 0.273. The zero-order chi connectivity index (χ0) is 10.7. The standard InChI is InChI=1S/C8H8N6S/c9-1-6-7(10)14-15-8(6)12-3-5-2-11-4-13-5/h2,4,12H,3H2,(H2,10,14)(H,11,13). The average molecular weight is 220 g/mol. The molecule has 0 aromatic carbocycles. The van der Waals surface area contributed by atoms with Gasteiger partial charge in [-0.15, -0.1) is 0 Å². The van der Waals surface area contributed by atoms with Crippen molar-refractivity contribution >= 4 is 22.4 Å². The third kappa shape index (κ3) is 1.89. The van der Waals surface area contributed by atoms with Crippen LogP contribution in [0.15, 0.2) is 12.5 Å². The Hall–Kier alpha value is -2.07. The summed E-state index contributed by atoms with van der Waals surface area (Å²) < 4.78 is 3.90. The highest BCUT2D eigenvalue weighted by Gasteiger charge is 2.10. The van der Waals surface area contributed by atoms with E-state index in [1.54, 1.807) is 12.5 Å². The van der Waals surface area contributed by atoms with Gasteiger partial charge in [-0.2, -0.15) is 9.64 Å². The van der Waals surface area contributed by atoms with Crippen molar-refractivity contribution in [2.75, 3.05) is 11.1 Å². The van der Waals surface area contributed by atoms with E-state index >= 15 is 0 Å². The lowest BCUT2D eigenvalue weighted by Crippen LogP contribution is -1.99. The molecule has 0 aliphatic carbocycles. The Bertz CT molecular complexity index is 480. The molecule has 0 bridgehead atoms. The molecule has 0 atom stereocenters. The van der Waals surface area contributed by atoms with Gasteiger partial charge in [0, 0.05) is 6.20 Å². The number of nitrogen functional groups attached to an aromatic ring is 1. The number of anilines is 2. The first-order valence-corrected chi connectivity index (χ1v) is 4.95. The predicted octanol–water partition coefficient (Wildman–Crippen LogP) is 0.932. The maximum absolute atomic E-state index is 8.82. The Morgan fingerprint density at radius 1 is 1.67 bits per heavy atom. The van der Waals surface area contributed by atoms with Gasteiger partial charge in [0.1, 0.15) is 16.6 Å². The van der Waals surface area contributed by atoms with E-state index in [1.807, 2.05) is 6.07 Å². The van der Waals surface area contributed by atoms with Crippen molar-refractivity contribution in [3.8, 4) is 6.07 Å². The summed E-state index contributed by atoms with van der Waals surface area (Å²) in [7, 11) is 0. The molecular formula is C8H8N6S. The molecule has 0 saturated heterocycles. The van der Waals surface area contributed by atoms with Crippen molar-refractivity contribution in [3.05, 3.63) is 23.8 Å². The van der Waals surface area contributed by atoms with Gasteiger partial charge in [-0.05, 0) is 11.5 Å². The number of hydrogen-bond donors (Lipinski definition) is 3. The highest BCUT2D eigenvalue weighted by Crippen LogP contribution is 2.25. The van der Waals surface area contributed by atoms with Crippen LogP contribution < -0.4 is 11.1 Å². The van der Waals surface area contributed by atoms with Gasteiger partial charge in [-0.1, -0.05) is 0 Å². The molecule has 0 aliphatic rings. The summed E-state index contributed by atoms with van der Waals surface area (Å²) in [5, 5.41) is 12.6. The number of aromatic nitrogens is 3. The van der Waals surface area contributed by atoms with E-state index in [1.165, 1.54) is 11.5 Å². The summed E-state index contributed by atoms with van der Waals surface area (Å²) in [5.74, 6) is 0.273. The molecule has 2 rings (SSSR count). The van der Waals surface area contributed by atoms with Crippen molar-refractivity contribution < 1.29 is 0 Å². The Kier molecular flexibility index (Phi) is 2.51. The van der Waals surface area contributed by atoms with Crippen LogP contribution in [0, 0.1) is 11.3 Å². The molecule has 0 radical (unpaired) electrons. The van der Waals surface area contributed by atoms with Gasteiger partial charge in [-0.3, -0.25) is 0 Å². The van der Waals surface area contributed by atoms with Crippen molar-refractivity contribution in [3.63, 3.8) is 0 Å². The monoisotopic (exact) mass is 220 g/mol. The van der Waals surface area contributed by atoms with Crippen molar-refractivity contribution in [2.24, 2.45) is 0 Å². The molecular weight excluding hydrogens is 212 g/mol. The van der Waals surface area contributed by atoms with E-state index in [0.717, 1.165) is 5.69 Å². The van der Waals surface area contributed by atoms with Gasteiger partial charge in [0.2, 0.25) is 0 Å². The van der Waals surface area contributed by atoms with Crippen LogP contribution in [0.1, 0.15) is 11.3 Å². The zero-order valence-corrected chi connectivity index (χ0v) is 8.51. The number of imidazole rings is 1. The summed E-state index contributed by atoms with van der Waals surface area (Å²) >= 11 is 1.18. The maximum Gasteiger partial charge on any atom is 0.157 e. The fourth-order valence-corrected chi connectivity index (χ4v) is 1.75. The van der Waals surface area contributed by atoms with E-state index < -0.39 is 0 Å². The lowest BCUT2D eigenvalue weighted by molar-refractivity contribution is 1.08. The number of nitriles is 1. The SMILES string of the molecule is N#Cc1c(N)nsc1NCc1cnc[nH]1. The van der Waals surface area contributed by atoms with Crippen molar-refractivity contribution in [1.82, 2.24) is 14.3 Å². The first kappa shape index (κ1) is 9.48. The largest absolute Gasteiger partial charge is 0.382 e. The molecule has 0 fully saturated rings. The number of nitrogens with one attached hydrogen (secondary N) is 2. The lowest BCUT2D eigenvalue weighted by atomic mass is 10.3. The Labute approximate surface area is 89.9 Å². The van der Waals surface area contributed by atoms with E-state index in [2.05, 4.69) is 19.7 Å². The van der Waals surface area contributed by atoms with Gasteiger partial charge in [0.25, 0.3) is 0 Å². The first-order valence-electron chi connectivity index (χ1n) is 4.17. The third-order valence-corrected chi connectivity index (χ3v) is 2.64. The summed E-state index contributed by atoms with van der Waals surface area (Å²) in [6.45, 7) is 0.566. The van der Waals surface area contributed by atoms with Gasteiger partial charge in [0.05, 0.1) is 18.6 Å². The second-order valence-electron chi connectivity index (χ2n) is 2.81. The van der Waals surface area contributed by atoms with Gasteiger partial charge in [-0.25, -0.2) is 4.98 Å². The molecule has 0 unspecified atom stereocenters. The molecule has 4 N–H and O–H groups in total. The van der Waals surface area contributed by atoms with Crippen LogP contribution in [-0.4, -0.2) is 14.3 Å². The van der Waals surface area contributed by atoms with E-state index in [9.17, 15) is 0 Å². The molecule has 2 aromatic rings. The Morgan fingerprint density at radius 3 is 3.20 bits per heavy atom. The van der Waals surface area contributed by atoms with Crippen molar-refractivity contribution in [2.45, 2.75) is 6.54 Å². The second kappa shape index (κ2) is 3.98. The molecule has 0 spiro atoms. The van der Waals surface area contributed by atoms with Crippen LogP contribution in [-0.2, 0) is 6.54 Å². The molecule has 7 heteroatoms. The molecule has 2 heterocycles. The van der Waals surface area contributed by atoms with Crippen LogP contribution in [0.2, 0.25) is 0 Å². The van der Waals surface area contributed by atoms with Crippen LogP contribution in [0.3, 0.4) is 0 Å². The number of rotatable bonds is 3. The van der Waals surface area contributed by atoms with Gasteiger partial charge >= 0.3 is 0 Å². The number of aromatic amines is 1. The molecule has 2 aromatic heterocycles. The second-order valence-corrected chi connectivity index (χ2v) is 3.59.